The number of aromatic hydroxyl groups is 2. The summed E-state index contributed by atoms with van der Waals surface area (Å²) < 4.78 is 16.1. The molecule has 2 N–H and O–H groups in total. The summed E-state index contributed by atoms with van der Waals surface area (Å²) in [7, 11) is 2.86. The summed E-state index contributed by atoms with van der Waals surface area (Å²) >= 11 is 6.50. The maximum atomic E-state index is 13.0. The second kappa shape index (κ2) is 7.66. The summed E-state index contributed by atoms with van der Waals surface area (Å²) in [6.45, 7) is 0. The van der Waals surface area contributed by atoms with E-state index in [1.807, 2.05) is 0 Å². The minimum Gasteiger partial charge on any atom is -0.506 e. The molecule has 0 bridgehead atoms. The number of halogens is 2. The van der Waals surface area contributed by atoms with Gasteiger partial charge in [0.05, 0.1) is 30.4 Å². The highest BCUT2D eigenvalue weighted by Crippen LogP contribution is 2.45. The van der Waals surface area contributed by atoms with Crippen molar-refractivity contribution < 1.29 is 28.9 Å². The fraction of sp³-hybridized carbons (Fsp3) is 0.105. The van der Waals surface area contributed by atoms with Gasteiger partial charge in [0.1, 0.15) is 21.5 Å². The van der Waals surface area contributed by atoms with Crippen molar-refractivity contribution in [3.8, 4) is 23.0 Å². The number of allylic oxidation sites excluding steroid dienone is 1. The molecule has 0 fully saturated rings. The Labute approximate surface area is 171 Å². The molecule has 0 atom stereocenters. The molecule has 2 aromatic carbocycles. The van der Waals surface area contributed by atoms with Crippen molar-refractivity contribution in [3.05, 3.63) is 50.6 Å². The summed E-state index contributed by atoms with van der Waals surface area (Å²) in [6.07, 6.45) is 2.96. The van der Waals surface area contributed by atoms with Gasteiger partial charge in [-0.3, -0.25) is 4.79 Å². The van der Waals surface area contributed by atoms with Crippen LogP contribution >= 0.6 is 31.9 Å². The van der Waals surface area contributed by atoms with Crippen molar-refractivity contribution in [2.45, 2.75) is 0 Å². The molecule has 27 heavy (non-hydrogen) atoms. The van der Waals surface area contributed by atoms with Crippen molar-refractivity contribution in [1.29, 1.82) is 0 Å². The van der Waals surface area contributed by atoms with E-state index in [9.17, 15) is 15.0 Å². The first kappa shape index (κ1) is 19.3. The number of phenolic OH excluding ortho intramolecular Hbond substituents is 2. The highest BCUT2D eigenvalue weighted by molar-refractivity contribution is 9.12. The molecule has 0 spiro atoms. The van der Waals surface area contributed by atoms with Gasteiger partial charge in [0.25, 0.3) is 0 Å². The standard InChI is InChI=1S/C19H14Br2O6/c1-25-13-4-3-9(8-12(13)22)7-11(20)16(23)14-17(24)15(21)19-10(5-6-27-19)18(14)26-2/h3-8,22,24H,1-2H3. The lowest BCUT2D eigenvalue weighted by molar-refractivity contribution is 0.103. The van der Waals surface area contributed by atoms with Crippen LogP contribution in [-0.2, 0) is 0 Å². The van der Waals surface area contributed by atoms with Crippen molar-refractivity contribution in [2.24, 2.45) is 0 Å². The molecule has 0 amide bonds. The van der Waals surface area contributed by atoms with Crippen molar-refractivity contribution in [1.82, 2.24) is 0 Å². The van der Waals surface area contributed by atoms with E-state index in [1.165, 1.54) is 32.6 Å². The molecule has 0 aliphatic carbocycles. The number of benzene rings is 2. The summed E-state index contributed by atoms with van der Waals surface area (Å²) in [5.41, 5.74) is 0.927. The molecule has 3 aromatic rings. The third-order valence-corrected chi connectivity index (χ3v) is 5.25. The first-order valence-electron chi connectivity index (χ1n) is 7.63. The molecular weight excluding hydrogens is 484 g/mol. The monoisotopic (exact) mass is 496 g/mol. The van der Waals surface area contributed by atoms with E-state index < -0.39 is 5.78 Å². The van der Waals surface area contributed by atoms with Crippen LogP contribution < -0.4 is 9.47 Å². The van der Waals surface area contributed by atoms with Gasteiger partial charge in [-0.2, -0.15) is 0 Å². The topological polar surface area (TPSA) is 89.1 Å². The van der Waals surface area contributed by atoms with Crippen LogP contribution in [-0.4, -0.2) is 30.2 Å². The van der Waals surface area contributed by atoms with Gasteiger partial charge in [0.2, 0.25) is 5.78 Å². The SMILES string of the molecule is COc1ccc(C=C(Br)C(=O)c2c(O)c(Br)c3occc3c2OC)cc1O. The molecule has 0 radical (unpaired) electrons. The molecule has 1 heterocycles. The van der Waals surface area contributed by atoms with Gasteiger partial charge in [-0.1, -0.05) is 6.07 Å². The van der Waals surface area contributed by atoms with Crippen LogP contribution in [0.25, 0.3) is 17.0 Å². The van der Waals surface area contributed by atoms with E-state index >= 15 is 0 Å². The van der Waals surface area contributed by atoms with Crippen LogP contribution in [0.3, 0.4) is 0 Å². The normalized spacial score (nSPS) is 11.6. The quantitative estimate of drug-likeness (QED) is 0.370. The number of carbonyl (C=O) groups excluding carboxylic acids is 1. The number of Topliss-reactive ketones (excluding diaryl/α,β-unsaturated/α-hetero) is 1. The van der Waals surface area contributed by atoms with Gasteiger partial charge >= 0.3 is 0 Å². The molecule has 0 saturated carbocycles. The van der Waals surface area contributed by atoms with Gasteiger partial charge in [0, 0.05) is 0 Å². The highest BCUT2D eigenvalue weighted by atomic mass is 79.9. The molecule has 3 rings (SSSR count). The number of ketones is 1. The second-order valence-electron chi connectivity index (χ2n) is 5.49. The number of carbonyl (C=O) groups is 1. The smallest absolute Gasteiger partial charge is 0.207 e. The Hall–Kier alpha value is -2.45. The maximum absolute atomic E-state index is 13.0. The number of methoxy groups -OCH3 is 2. The molecule has 1 aromatic heterocycles. The average molecular weight is 498 g/mol. The number of rotatable bonds is 5. The summed E-state index contributed by atoms with van der Waals surface area (Å²) in [5, 5.41) is 20.9. The van der Waals surface area contributed by atoms with E-state index in [4.69, 9.17) is 13.9 Å². The number of ether oxygens (including phenoxy) is 2. The van der Waals surface area contributed by atoms with Gasteiger partial charge in [-0.15, -0.1) is 0 Å². The van der Waals surface area contributed by atoms with E-state index in [0.717, 1.165) is 0 Å². The molecule has 0 unspecified atom stereocenters. The van der Waals surface area contributed by atoms with Gasteiger partial charge in [-0.05, 0) is 61.7 Å². The van der Waals surface area contributed by atoms with Crippen LogP contribution in [0.5, 0.6) is 23.0 Å². The molecule has 0 aliphatic heterocycles. The predicted molar refractivity (Wildman–Crippen MR) is 108 cm³/mol. The summed E-state index contributed by atoms with van der Waals surface area (Å²) in [6, 6.07) is 6.37. The fourth-order valence-electron chi connectivity index (χ4n) is 2.67. The third kappa shape index (κ3) is 3.42. The number of phenols is 2. The Kier molecular flexibility index (Phi) is 5.48. The van der Waals surface area contributed by atoms with Gasteiger partial charge in [-0.25, -0.2) is 0 Å². The Morgan fingerprint density at radius 3 is 2.56 bits per heavy atom. The number of hydrogen-bond donors (Lipinski definition) is 2. The van der Waals surface area contributed by atoms with Crippen LogP contribution in [0.4, 0.5) is 0 Å². The highest BCUT2D eigenvalue weighted by Gasteiger charge is 2.27. The van der Waals surface area contributed by atoms with Crippen molar-refractivity contribution >= 4 is 54.7 Å². The zero-order chi connectivity index (χ0) is 19.7. The minimum atomic E-state index is -0.497. The van der Waals surface area contributed by atoms with Crippen LogP contribution in [0.1, 0.15) is 15.9 Å². The maximum Gasteiger partial charge on any atom is 0.207 e. The van der Waals surface area contributed by atoms with Gasteiger partial charge in [0.15, 0.2) is 17.1 Å². The van der Waals surface area contributed by atoms with Crippen LogP contribution in [0.2, 0.25) is 0 Å². The molecule has 0 aliphatic rings. The fourth-order valence-corrected chi connectivity index (χ4v) is 3.64. The lowest BCUT2D eigenvalue weighted by Gasteiger charge is -2.12. The third-order valence-electron chi connectivity index (χ3n) is 3.93. The lowest BCUT2D eigenvalue weighted by atomic mass is 10.0. The van der Waals surface area contributed by atoms with Gasteiger partial charge < -0.3 is 24.1 Å². The largest absolute Gasteiger partial charge is 0.506 e. The Bertz CT molecular complexity index is 1070. The number of fused-ring (bicyclic) bond motifs is 1. The average Bonchev–Trinajstić information content (AvgIpc) is 3.13. The molecular formula is C19H14Br2O6. The Morgan fingerprint density at radius 2 is 1.93 bits per heavy atom. The second-order valence-corrected chi connectivity index (χ2v) is 7.13. The van der Waals surface area contributed by atoms with Crippen molar-refractivity contribution in [2.75, 3.05) is 14.2 Å². The first-order valence-corrected chi connectivity index (χ1v) is 9.22. The number of hydrogen-bond acceptors (Lipinski definition) is 6. The molecule has 140 valence electrons. The predicted octanol–water partition coefficient (Wildman–Crippen LogP) is 5.24. The van der Waals surface area contributed by atoms with E-state index in [2.05, 4.69) is 31.9 Å². The summed E-state index contributed by atoms with van der Waals surface area (Å²) in [4.78, 5) is 13.0. The first-order chi connectivity index (χ1) is 12.9. The minimum absolute atomic E-state index is 0.0147. The Balaban J connectivity index is 2.10. The van der Waals surface area contributed by atoms with E-state index in [0.29, 0.717) is 22.3 Å². The zero-order valence-electron chi connectivity index (χ0n) is 14.2. The molecule has 0 saturated heterocycles. The summed E-state index contributed by atoms with van der Waals surface area (Å²) in [5.74, 6) is -0.316. The van der Waals surface area contributed by atoms with Crippen LogP contribution in [0, 0.1) is 0 Å². The Morgan fingerprint density at radius 1 is 1.19 bits per heavy atom. The van der Waals surface area contributed by atoms with E-state index in [-0.39, 0.29) is 31.8 Å². The number of furan rings is 1. The molecule has 8 heteroatoms. The van der Waals surface area contributed by atoms with E-state index in [1.54, 1.807) is 18.2 Å². The van der Waals surface area contributed by atoms with Crippen LogP contribution in [0.15, 0.2) is 43.9 Å². The lowest BCUT2D eigenvalue weighted by Crippen LogP contribution is -2.04. The zero-order valence-corrected chi connectivity index (χ0v) is 17.4. The molecule has 6 nitrogen and oxygen atoms in total. The van der Waals surface area contributed by atoms with Crippen molar-refractivity contribution in [3.63, 3.8) is 0 Å².